The molecule has 0 spiro atoms. The Morgan fingerprint density at radius 2 is 2.00 bits per heavy atom. The van der Waals surface area contributed by atoms with E-state index in [0.29, 0.717) is 48.7 Å². The molecule has 2 saturated heterocycles. The van der Waals surface area contributed by atoms with E-state index < -0.39 is 0 Å². The summed E-state index contributed by atoms with van der Waals surface area (Å²) in [6.45, 7) is 5.96. The van der Waals surface area contributed by atoms with Crippen LogP contribution in [-0.4, -0.2) is 60.5 Å². The van der Waals surface area contributed by atoms with Crippen molar-refractivity contribution in [3.63, 3.8) is 0 Å². The lowest BCUT2D eigenvalue weighted by Gasteiger charge is -2.34. The highest BCUT2D eigenvalue weighted by atomic mass is 35.5. The lowest BCUT2D eigenvalue weighted by molar-refractivity contribution is -0.131. The maximum absolute atomic E-state index is 13.0. The molecule has 0 aromatic heterocycles. The number of hydrogen-bond acceptors (Lipinski definition) is 6. The summed E-state index contributed by atoms with van der Waals surface area (Å²) < 4.78 is 11.7. The lowest BCUT2D eigenvalue weighted by atomic mass is 10.2. The van der Waals surface area contributed by atoms with Crippen LogP contribution in [-0.2, 0) is 22.6 Å². The number of carbonyl (C=O) groups is 1. The van der Waals surface area contributed by atoms with E-state index in [1.807, 2.05) is 61.5 Å². The van der Waals surface area contributed by atoms with Crippen LogP contribution in [0.15, 0.2) is 59.7 Å². The van der Waals surface area contributed by atoms with Gasteiger partial charge in [0.1, 0.15) is 12.4 Å². The standard InChI is InChI=1S/C27H32Cl2N4O3/c1-2-4-26(33-13-12-32(18-27(33)34)17-20-6-8-22(28)9-7-20)31-30-16-21-15-23(29)10-11-25(21)36-19-24-5-3-14-35-24/h2,4,6-11,15,24,30H,3,5,12-14,16-19H2,1H3/b4-2+,31-26+. The Morgan fingerprint density at radius 1 is 1.19 bits per heavy atom. The van der Waals surface area contributed by atoms with Gasteiger partial charge in [-0.2, -0.15) is 5.10 Å². The van der Waals surface area contributed by atoms with E-state index in [2.05, 4.69) is 15.4 Å². The summed E-state index contributed by atoms with van der Waals surface area (Å²) in [4.78, 5) is 16.8. The van der Waals surface area contributed by atoms with Gasteiger partial charge in [-0.1, -0.05) is 41.4 Å². The molecule has 9 heteroatoms. The summed E-state index contributed by atoms with van der Waals surface area (Å²) in [5.74, 6) is 1.34. The van der Waals surface area contributed by atoms with E-state index >= 15 is 0 Å². The number of halogens is 2. The maximum atomic E-state index is 13.0. The van der Waals surface area contributed by atoms with E-state index in [1.165, 1.54) is 0 Å². The Balaban J connectivity index is 1.36. The van der Waals surface area contributed by atoms with Crippen LogP contribution < -0.4 is 10.2 Å². The van der Waals surface area contributed by atoms with Crippen molar-refractivity contribution in [1.29, 1.82) is 0 Å². The minimum atomic E-state index is 0.0113. The van der Waals surface area contributed by atoms with Gasteiger partial charge in [-0.15, -0.1) is 0 Å². The zero-order valence-corrected chi connectivity index (χ0v) is 22.0. The van der Waals surface area contributed by atoms with Crippen LogP contribution in [0.1, 0.15) is 30.9 Å². The fraction of sp³-hybridized carbons (Fsp3) is 0.407. The summed E-state index contributed by atoms with van der Waals surface area (Å²) in [5.41, 5.74) is 5.12. The van der Waals surface area contributed by atoms with Crippen LogP contribution in [0.5, 0.6) is 5.75 Å². The topological polar surface area (TPSA) is 66.4 Å². The van der Waals surface area contributed by atoms with Gasteiger partial charge in [0.05, 0.1) is 19.2 Å². The fourth-order valence-electron chi connectivity index (χ4n) is 4.27. The molecule has 192 valence electrons. The predicted molar refractivity (Wildman–Crippen MR) is 143 cm³/mol. The number of benzene rings is 2. The normalized spacial score (nSPS) is 19.3. The molecule has 2 aromatic carbocycles. The second-order valence-corrected chi connectivity index (χ2v) is 9.76. The van der Waals surface area contributed by atoms with Crippen LogP contribution in [0, 0.1) is 0 Å². The molecule has 1 amide bonds. The molecule has 7 nitrogen and oxygen atoms in total. The van der Waals surface area contributed by atoms with Gasteiger partial charge < -0.3 is 14.9 Å². The molecule has 2 heterocycles. The monoisotopic (exact) mass is 530 g/mol. The summed E-state index contributed by atoms with van der Waals surface area (Å²) in [7, 11) is 0. The molecule has 4 rings (SSSR count). The van der Waals surface area contributed by atoms with Crippen LogP contribution in [0.25, 0.3) is 0 Å². The number of allylic oxidation sites excluding steroid dienone is 1. The second kappa shape index (κ2) is 13.1. The van der Waals surface area contributed by atoms with Crippen molar-refractivity contribution >= 4 is 34.9 Å². The average molecular weight is 531 g/mol. The van der Waals surface area contributed by atoms with E-state index in [0.717, 1.165) is 42.9 Å². The molecule has 1 N–H and O–H groups in total. The number of rotatable bonds is 9. The number of nitrogens with zero attached hydrogens (tertiary/aromatic N) is 3. The van der Waals surface area contributed by atoms with E-state index in [4.69, 9.17) is 32.7 Å². The van der Waals surface area contributed by atoms with E-state index in [-0.39, 0.29) is 12.0 Å². The molecular formula is C27H32Cl2N4O3. The number of amidine groups is 1. The third kappa shape index (κ3) is 7.46. The van der Waals surface area contributed by atoms with Crippen molar-refractivity contribution in [3.8, 4) is 5.75 Å². The first-order valence-corrected chi connectivity index (χ1v) is 13.0. The Hall–Kier alpha value is -2.58. The number of ether oxygens (including phenoxy) is 2. The predicted octanol–water partition coefficient (Wildman–Crippen LogP) is 4.87. The number of hydrogen-bond donors (Lipinski definition) is 1. The molecule has 0 bridgehead atoms. The summed E-state index contributed by atoms with van der Waals surface area (Å²) in [5, 5.41) is 5.87. The van der Waals surface area contributed by atoms with Crippen LogP contribution in [0.3, 0.4) is 0 Å². The Kier molecular flexibility index (Phi) is 9.64. The molecule has 0 saturated carbocycles. The van der Waals surface area contributed by atoms with Crippen molar-refractivity contribution in [3.05, 3.63) is 75.8 Å². The highest BCUT2D eigenvalue weighted by molar-refractivity contribution is 6.30. The molecule has 2 aromatic rings. The largest absolute Gasteiger partial charge is 0.491 e. The molecule has 0 aliphatic carbocycles. The minimum absolute atomic E-state index is 0.0113. The Bertz CT molecular complexity index is 1080. The van der Waals surface area contributed by atoms with Gasteiger partial charge in [0, 0.05) is 41.8 Å². The molecule has 1 unspecified atom stereocenters. The lowest BCUT2D eigenvalue weighted by Crippen LogP contribution is -2.52. The maximum Gasteiger partial charge on any atom is 0.242 e. The molecule has 36 heavy (non-hydrogen) atoms. The fourth-order valence-corrected chi connectivity index (χ4v) is 4.60. The van der Waals surface area contributed by atoms with Gasteiger partial charge in [-0.05, 0) is 61.7 Å². The SMILES string of the molecule is C/C=C/C(=N\NCc1cc(Cl)ccc1OCC1CCCO1)N1CCN(Cc2ccc(Cl)cc2)CC1=O. The summed E-state index contributed by atoms with van der Waals surface area (Å²) >= 11 is 12.2. The smallest absolute Gasteiger partial charge is 0.242 e. The van der Waals surface area contributed by atoms with Gasteiger partial charge in [0.2, 0.25) is 5.91 Å². The van der Waals surface area contributed by atoms with Crippen molar-refractivity contribution in [2.24, 2.45) is 5.10 Å². The zero-order chi connectivity index (χ0) is 25.3. The first-order chi connectivity index (χ1) is 17.5. The van der Waals surface area contributed by atoms with Gasteiger partial charge in [-0.25, -0.2) is 0 Å². The average Bonchev–Trinajstić information content (AvgIpc) is 3.38. The Labute approximate surface area is 222 Å². The molecular weight excluding hydrogens is 499 g/mol. The van der Waals surface area contributed by atoms with Gasteiger partial charge >= 0.3 is 0 Å². The molecule has 2 aliphatic heterocycles. The van der Waals surface area contributed by atoms with E-state index in [1.54, 1.807) is 4.90 Å². The van der Waals surface area contributed by atoms with Crippen LogP contribution in [0.2, 0.25) is 10.0 Å². The van der Waals surface area contributed by atoms with Crippen molar-refractivity contribution < 1.29 is 14.3 Å². The quantitative estimate of drug-likeness (QED) is 0.284. The molecule has 1 atom stereocenters. The van der Waals surface area contributed by atoms with Crippen LogP contribution >= 0.6 is 23.2 Å². The number of hydrazone groups is 1. The van der Waals surface area contributed by atoms with Gasteiger partial charge in [0.15, 0.2) is 5.84 Å². The molecule has 0 radical (unpaired) electrons. The zero-order valence-electron chi connectivity index (χ0n) is 20.5. The molecule has 2 aliphatic rings. The third-order valence-corrected chi connectivity index (χ3v) is 6.63. The number of carbonyl (C=O) groups excluding carboxylic acids is 1. The first kappa shape index (κ1) is 26.5. The second-order valence-electron chi connectivity index (χ2n) is 8.89. The third-order valence-electron chi connectivity index (χ3n) is 6.15. The van der Waals surface area contributed by atoms with Crippen LogP contribution in [0.4, 0.5) is 0 Å². The summed E-state index contributed by atoms with van der Waals surface area (Å²) in [6.07, 6.45) is 5.93. The van der Waals surface area contributed by atoms with Gasteiger partial charge in [0.25, 0.3) is 0 Å². The van der Waals surface area contributed by atoms with Gasteiger partial charge in [-0.3, -0.25) is 14.6 Å². The van der Waals surface area contributed by atoms with Crippen molar-refractivity contribution in [2.45, 2.75) is 39.0 Å². The number of amides is 1. The highest BCUT2D eigenvalue weighted by Crippen LogP contribution is 2.24. The van der Waals surface area contributed by atoms with Crippen molar-refractivity contribution in [2.75, 3.05) is 32.8 Å². The summed E-state index contributed by atoms with van der Waals surface area (Å²) in [6, 6.07) is 13.3. The first-order valence-electron chi connectivity index (χ1n) is 12.2. The Morgan fingerprint density at radius 3 is 2.72 bits per heavy atom. The molecule has 2 fully saturated rings. The highest BCUT2D eigenvalue weighted by Gasteiger charge is 2.26. The number of piperazine rings is 1. The van der Waals surface area contributed by atoms with Crippen molar-refractivity contribution in [1.82, 2.24) is 15.2 Å². The minimum Gasteiger partial charge on any atom is -0.491 e. The van der Waals surface area contributed by atoms with E-state index in [9.17, 15) is 4.79 Å². The number of nitrogens with one attached hydrogen (secondary N) is 1.